The molecule has 1 aliphatic heterocycles. The number of nitrogens with one attached hydrogen (secondary N) is 2. The average Bonchev–Trinajstić information content (AvgIpc) is 3.49. The van der Waals surface area contributed by atoms with Gasteiger partial charge in [-0.25, -0.2) is 4.98 Å². The van der Waals surface area contributed by atoms with Crippen LogP contribution in [0.3, 0.4) is 0 Å². The molecule has 2 fully saturated rings. The first-order chi connectivity index (χ1) is 19.2. The summed E-state index contributed by atoms with van der Waals surface area (Å²) in [7, 11) is 3.38. The zero-order valence-electron chi connectivity index (χ0n) is 24.1. The van der Waals surface area contributed by atoms with E-state index in [1.165, 1.54) is 12.8 Å². The molecule has 5 rings (SSSR count). The fourth-order valence-corrected chi connectivity index (χ4v) is 6.23. The summed E-state index contributed by atoms with van der Waals surface area (Å²) in [6.07, 6.45) is 9.69. The van der Waals surface area contributed by atoms with Crippen LogP contribution in [-0.2, 0) is 4.79 Å². The summed E-state index contributed by atoms with van der Waals surface area (Å²) in [4.78, 5) is 39.9. The molecule has 1 atom stereocenters. The molecule has 3 N–H and O–H groups in total. The molecule has 2 amide bonds. The van der Waals surface area contributed by atoms with E-state index in [-0.39, 0.29) is 24.0 Å². The Kier molecular flexibility index (Phi) is 8.16. The maximum absolute atomic E-state index is 13.5. The number of hydrogen-bond acceptors (Lipinski definition) is 8. The van der Waals surface area contributed by atoms with E-state index in [0.29, 0.717) is 54.1 Å². The molecule has 2 aromatic rings. The number of aromatic nitrogens is 2. The van der Waals surface area contributed by atoms with Crippen LogP contribution in [-0.4, -0.2) is 65.8 Å². The third kappa shape index (κ3) is 5.59. The average molecular weight is 551 g/mol. The van der Waals surface area contributed by atoms with Gasteiger partial charge in [0.15, 0.2) is 5.82 Å². The Morgan fingerprint density at radius 2 is 1.90 bits per heavy atom. The Bertz CT molecular complexity index is 1240. The van der Waals surface area contributed by atoms with Crippen LogP contribution in [0.4, 0.5) is 23.1 Å². The van der Waals surface area contributed by atoms with Crippen molar-refractivity contribution < 1.29 is 19.4 Å². The molecule has 2 aliphatic carbocycles. The molecular weight excluding hydrogens is 508 g/mol. The Morgan fingerprint density at radius 3 is 2.58 bits per heavy atom. The maximum atomic E-state index is 13.5. The van der Waals surface area contributed by atoms with Crippen molar-refractivity contribution in [3.8, 4) is 5.75 Å². The second-order valence-corrected chi connectivity index (χ2v) is 11.8. The smallest absolute Gasteiger partial charge is 0.251 e. The lowest BCUT2D eigenvalue weighted by Gasteiger charge is -2.35. The molecule has 40 heavy (non-hydrogen) atoms. The van der Waals surface area contributed by atoms with E-state index in [1.807, 2.05) is 14.0 Å². The van der Waals surface area contributed by atoms with Gasteiger partial charge in [0.1, 0.15) is 11.4 Å². The number of amides is 2. The fourth-order valence-electron chi connectivity index (χ4n) is 6.23. The fraction of sp³-hybridized carbons (Fsp3) is 0.600. The minimum atomic E-state index is -0.511. The number of benzene rings is 1. The van der Waals surface area contributed by atoms with E-state index in [9.17, 15) is 14.7 Å². The van der Waals surface area contributed by atoms with Gasteiger partial charge in [0.2, 0.25) is 11.9 Å². The van der Waals surface area contributed by atoms with E-state index in [0.717, 1.165) is 37.9 Å². The number of fused-ring (bicyclic) bond motifs is 1. The number of carbonyl (C=O) groups excluding carboxylic acids is 2. The van der Waals surface area contributed by atoms with E-state index in [4.69, 9.17) is 9.72 Å². The minimum Gasteiger partial charge on any atom is -0.495 e. The Morgan fingerprint density at radius 1 is 1.18 bits per heavy atom. The van der Waals surface area contributed by atoms with Crippen molar-refractivity contribution in [2.45, 2.75) is 89.8 Å². The third-order valence-corrected chi connectivity index (χ3v) is 9.01. The summed E-state index contributed by atoms with van der Waals surface area (Å²) in [6.45, 7) is 4.74. The van der Waals surface area contributed by atoms with Crippen molar-refractivity contribution in [2.24, 2.45) is 5.41 Å². The molecule has 0 spiro atoms. The van der Waals surface area contributed by atoms with Crippen LogP contribution in [0.5, 0.6) is 5.75 Å². The number of ether oxygens (including phenoxy) is 1. The number of anilines is 4. The highest BCUT2D eigenvalue weighted by Gasteiger charge is 2.43. The van der Waals surface area contributed by atoms with Gasteiger partial charge in [-0.1, -0.05) is 19.8 Å². The predicted molar refractivity (Wildman–Crippen MR) is 155 cm³/mol. The Labute approximate surface area is 236 Å². The zero-order chi connectivity index (χ0) is 28.4. The van der Waals surface area contributed by atoms with Gasteiger partial charge in [-0.15, -0.1) is 0 Å². The van der Waals surface area contributed by atoms with Crippen LogP contribution < -0.4 is 25.2 Å². The van der Waals surface area contributed by atoms with E-state index in [2.05, 4.69) is 27.4 Å². The van der Waals surface area contributed by atoms with Crippen molar-refractivity contribution in [1.82, 2.24) is 15.3 Å². The molecule has 2 saturated carbocycles. The summed E-state index contributed by atoms with van der Waals surface area (Å²) in [5.74, 6) is 1.60. The summed E-state index contributed by atoms with van der Waals surface area (Å²) in [5.41, 5.74) is 1.35. The minimum absolute atomic E-state index is 0.0649. The molecular formula is C30H42N6O4. The van der Waals surface area contributed by atoms with Gasteiger partial charge < -0.3 is 30.3 Å². The predicted octanol–water partition coefficient (Wildman–Crippen LogP) is 4.40. The quantitative estimate of drug-likeness (QED) is 0.464. The summed E-state index contributed by atoms with van der Waals surface area (Å²) in [5, 5.41) is 16.1. The first-order valence-electron chi connectivity index (χ1n) is 14.6. The molecule has 0 saturated heterocycles. The zero-order valence-corrected chi connectivity index (χ0v) is 24.1. The number of aliphatic hydroxyl groups is 1. The third-order valence-electron chi connectivity index (χ3n) is 9.01. The van der Waals surface area contributed by atoms with Crippen molar-refractivity contribution in [3.63, 3.8) is 0 Å². The molecule has 2 heterocycles. The topological polar surface area (TPSA) is 120 Å². The molecule has 0 radical (unpaired) electrons. The Hall–Kier alpha value is -3.40. The van der Waals surface area contributed by atoms with Crippen LogP contribution in [0.2, 0.25) is 0 Å². The summed E-state index contributed by atoms with van der Waals surface area (Å²) >= 11 is 0. The number of rotatable bonds is 7. The van der Waals surface area contributed by atoms with Crippen molar-refractivity contribution in [1.29, 1.82) is 0 Å². The van der Waals surface area contributed by atoms with Gasteiger partial charge in [0.05, 0.1) is 30.5 Å². The molecule has 3 aliphatic rings. The maximum Gasteiger partial charge on any atom is 0.251 e. The lowest BCUT2D eigenvalue weighted by atomic mass is 9.85. The molecule has 1 unspecified atom stereocenters. The molecule has 10 heteroatoms. The Balaban J connectivity index is 1.40. The highest BCUT2D eigenvalue weighted by Crippen LogP contribution is 2.42. The largest absolute Gasteiger partial charge is 0.495 e. The van der Waals surface area contributed by atoms with Crippen LogP contribution in [0.25, 0.3) is 0 Å². The highest BCUT2D eigenvalue weighted by molar-refractivity contribution is 6.01. The van der Waals surface area contributed by atoms with Crippen molar-refractivity contribution >= 4 is 35.0 Å². The lowest BCUT2D eigenvalue weighted by molar-refractivity contribution is -0.126. The summed E-state index contributed by atoms with van der Waals surface area (Å²) < 4.78 is 5.63. The van der Waals surface area contributed by atoms with Gasteiger partial charge in [-0.05, 0) is 70.1 Å². The SMILES string of the molecule is CCC1(C)CN(C2CCCC2)c2nc(Nc3ccc(C(=O)NC4CCC(O)CC4)cc3OC)ncc2N(C)C1=O. The normalized spacial score (nSPS) is 25.4. The van der Waals surface area contributed by atoms with Gasteiger partial charge in [-0.3, -0.25) is 9.59 Å². The second-order valence-electron chi connectivity index (χ2n) is 11.8. The monoisotopic (exact) mass is 550 g/mol. The molecule has 10 nitrogen and oxygen atoms in total. The first-order valence-corrected chi connectivity index (χ1v) is 14.6. The number of hydrogen-bond donors (Lipinski definition) is 3. The number of methoxy groups -OCH3 is 1. The van der Waals surface area contributed by atoms with Crippen LogP contribution >= 0.6 is 0 Å². The molecule has 0 bridgehead atoms. The summed E-state index contributed by atoms with van der Waals surface area (Å²) in [6, 6.07) is 5.67. The standard InChI is InChI=1S/C30H42N6O4/c1-5-30(2)18-36(21-8-6-7-9-21)26-24(35(3)28(30)39)17-31-29(34-26)33-23-15-10-19(16-25(23)40-4)27(38)32-20-11-13-22(37)14-12-20/h10,15-17,20-22,37H,5-9,11-14,18H2,1-4H3,(H,32,38)(H,31,33,34). The van der Waals surface area contributed by atoms with Gasteiger partial charge in [-0.2, -0.15) is 4.98 Å². The van der Waals surface area contributed by atoms with Crippen LogP contribution in [0, 0.1) is 5.41 Å². The first kappa shape index (κ1) is 28.1. The molecule has 1 aromatic heterocycles. The van der Waals surface area contributed by atoms with Gasteiger partial charge in [0, 0.05) is 31.2 Å². The van der Waals surface area contributed by atoms with Crippen molar-refractivity contribution in [2.75, 3.05) is 35.8 Å². The van der Waals surface area contributed by atoms with Gasteiger partial charge >= 0.3 is 0 Å². The van der Waals surface area contributed by atoms with Crippen LogP contribution in [0.1, 0.15) is 82.0 Å². The van der Waals surface area contributed by atoms with Crippen molar-refractivity contribution in [3.05, 3.63) is 30.0 Å². The lowest BCUT2D eigenvalue weighted by Crippen LogP contribution is -2.46. The highest BCUT2D eigenvalue weighted by atomic mass is 16.5. The number of nitrogens with zero attached hydrogens (tertiary/aromatic N) is 4. The van der Waals surface area contributed by atoms with Gasteiger partial charge in [0.25, 0.3) is 5.91 Å². The van der Waals surface area contributed by atoms with E-state index in [1.54, 1.807) is 36.4 Å². The number of carbonyl (C=O) groups is 2. The molecule has 216 valence electrons. The number of aliphatic hydroxyl groups excluding tert-OH is 1. The van der Waals surface area contributed by atoms with Crippen LogP contribution in [0.15, 0.2) is 24.4 Å². The molecule has 1 aromatic carbocycles. The van der Waals surface area contributed by atoms with E-state index < -0.39 is 5.41 Å². The van der Waals surface area contributed by atoms with E-state index >= 15 is 0 Å². The second kappa shape index (κ2) is 11.6.